The third-order valence-corrected chi connectivity index (χ3v) is 5.56. The molecular formula is C22H20FN3O4. The third kappa shape index (κ3) is 3.72. The minimum atomic E-state index is -0.301. The van der Waals surface area contributed by atoms with Crippen LogP contribution in [0, 0.1) is 11.7 Å². The Hall–Kier alpha value is -3.42. The van der Waals surface area contributed by atoms with Crippen molar-refractivity contribution >= 4 is 5.91 Å². The number of rotatable bonds is 4. The number of likely N-dealkylation sites (tertiary alicyclic amines) is 1. The van der Waals surface area contributed by atoms with Gasteiger partial charge in [-0.05, 0) is 61.2 Å². The molecule has 0 atom stereocenters. The van der Waals surface area contributed by atoms with Crippen molar-refractivity contribution in [3.63, 3.8) is 0 Å². The number of benzene rings is 2. The number of piperidine rings is 1. The van der Waals surface area contributed by atoms with E-state index in [2.05, 4.69) is 10.1 Å². The van der Waals surface area contributed by atoms with Gasteiger partial charge in [0.05, 0.1) is 0 Å². The molecule has 5 rings (SSSR count). The van der Waals surface area contributed by atoms with Crippen LogP contribution in [0.15, 0.2) is 47.0 Å². The van der Waals surface area contributed by atoms with Crippen molar-refractivity contribution in [2.24, 2.45) is 5.92 Å². The maximum Gasteiger partial charge on any atom is 0.253 e. The number of fused-ring (bicyclic) bond motifs is 1. The molecule has 0 radical (unpaired) electrons. The number of nitrogens with zero attached hydrogens (tertiary/aromatic N) is 3. The van der Waals surface area contributed by atoms with Crippen LogP contribution in [0.4, 0.5) is 4.39 Å². The number of amides is 1. The van der Waals surface area contributed by atoms with E-state index in [4.69, 9.17) is 14.0 Å². The largest absolute Gasteiger partial charge is 0.454 e. The zero-order valence-electron chi connectivity index (χ0n) is 16.2. The molecule has 2 aliphatic heterocycles. The lowest BCUT2D eigenvalue weighted by molar-refractivity contribution is 0.0687. The van der Waals surface area contributed by atoms with Gasteiger partial charge in [-0.15, -0.1) is 0 Å². The predicted octanol–water partition coefficient (Wildman–Crippen LogP) is 3.70. The van der Waals surface area contributed by atoms with Gasteiger partial charge in [0.25, 0.3) is 5.91 Å². The summed E-state index contributed by atoms with van der Waals surface area (Å²) in [6.07, 6.45) is 2.40. The number of hydrogen-bond donors (Lipinski definition) is 0. The molecule has 1 fully saturated rings. The summed E-state index contributed by atoms with van der Waals surface area (Å²) in [5, 5.41) is 4.00. The van der Waals surface area contributed by atoms with Crippen molar-refractivity contribution in [3.05, 3.63) is 59.7 Å². The summed E-state index contributed by atoms with van der Waals surface area (Å²) in [7, 11) is 0. The van der Waals surface area contributed by atoms with Crippen LogP contribution in [-0.4, -0.2) is 40.8 Å². The van der Waals surface area contributed by atoms with Crippen LogP contribution in [0.3, 0.4) is 0 Å². The van der Waals surface area contributed by atoms with E-state index in [1.165, 1.54) is 12.1 Å². The monoisotopic (exact) mass is 409 g/mol. The Bertz CT molecular complexity index is 1060. The highest BCUT2D eigenvalue weighted by atomic mass is 19.1. The van der Waals surface area contributed by atoms with Crippen LogP contribution < -0.4 is 9.47 Å². The summed E-state index contributed by atoms with van der Waals surface area (Å²) in [5.41, 5.74) is 1.33. The summed E-state index contributed by atoms with van der Waals surface area (Å²) in [6, 6.07) is 11.3. The van der Waals surface area contributed by atoms with Gasteiger partial charge in [-0.1, -0.05) is 5.16 Å². The molecule has 8 heteroatoms. The van der Waals surface area contributed by atoms with E-state index in [1.807, 2.05) is 4.90 Å². The van der Waals surface area contributed by atoms with Gasteiger partial charge in [-0.3, -0.25) is 4.79 Å². The lowest BCUT2D eigenvalue weighted by Crippen LogP contribution is -2.38. The van der Waals surface area contributed by atoms with Crippen molar-refractivity contribution in [1.29, 1.82) is 0 Å². The highest BCUT2D eigenvalue weighted by molar-refractivity contribution is 5.95. The third-order valence-electron chi connectivity index (χ3n) is 5.56. The minimum absolute atomic E-state index is 0.00290. The lowest BCUT2D eigenvalue weighted by atomic mass is 9.93. The zero-order valence-corrected chi connectivity index (χ0v) is 16.2. The molecule has 3 heterocycles. The fraction of sp³-hybridized carbons (Fsp3) is 0.318. The van der Waals surface area contributed by atoms with Crippen molar-refractivity contribution in [1.82, 2.24) is 15.0 Å². The van der Waals surface area contributed by atoms with Crippen LogP contribution in [0.2, 0.25) is 0 Å². The fourth-order valence-electron chi connectivity index (χ4n) is 3.85. The Labute approximate surface area is 172 Å². The molecule has 2 aromatic carbocycles. The number of ether oxygens (including phenoxy) is 2. The van der Waals surface area contributed by atoms with Crippen LogP contribution >= 0.6 is 0 Å². The molecule has 0 N–H and O–H groups in total. The van der Waals surface area contributed by atoms with Crippen molar-refractivity contribution in [3.8, 4) is 22.9 Å². The Kier molecular flexibility index (Phi) is 4.82. The van der Waals surface area contributed by atoms with E-state index in [0.717, 1.165) is 18.4 Å². The number of carbonyl (C=O) groups excluding carboxylic acids is 1. The first-order chi connectivity index (χ1) is 14.7. The fourth-order valence-corrected chi connectivity index (χ4v) is 3.85. The Morgan fingerprint density at radius 3 is 2.63 bits per heavy atom. The molecule has 1 aromatic heterocycles. The van der Waals surface area contributed by atoms with Gasteiger partial charge >= 0.3 is 0 Å². The molecule has 0 bridgehead atoms. The lowest BCUT2D eigenvalue weighted by Gasteiger charge is -2.31. The van der Waals surface area contributed by atoms with Crippen LogP contribution in [0.25, 0.3) is 11.4 Å². The van der Waals surface area contributed by atoms with Crippen molar-refractivity contribution in [2.45, 2.75) is 19.3 Å². The molecule has 3 aromatic rings. The van der Waals surface area contributed by atoms with Gasteiger partial charge in [0.15, 0.2) is 11.5 Å². The number of halogens is 1. The van der Waals surface area contributed by atoms with Gasteiger partial charge < -0.3 is 18.9 Å². The summed E-state index contributed by atoms with van der Waals surface area (Å²) in [5.74, 6) is 2.38. The molecular weight excluding hydrogens is 389 g/mol. The van der Waals surface area contributed by atoms with Crippen molar-refractivity contribution in [2.75, 3.05) is 19.9 Å². The normalized spacial score (nSPS) is 16.1. The molecule has 154 valence electrons. The second-order valence-corrected chi connectivity index (χ2v) is 7.53. The van der Waals surface area contributed by atoms with E-state index >= 15 is 0 Å². The molecule has 7 nitrogen and oxygen atoms in total. The van der Waals surface area contributed by atoms with E-state index < -0.39 is 0 Å². The summed E-state index contributed by atoms with van der Waals surface area (Å²) >= 11 is 0. The quantitative estimate of drug-likeness (QED) is 0.654. The molecule has 1 amide bonds. The predicted molar refractivity (Wildman–Crippen MR) is 105 cm³/mol. The molecule has 30 heavy (non-hydrogen) atoms. The van der Waals surface area contributed by atoms with Gasteiger partial charge in [0.1, 0.15) is 5.82 Å². The summed E-state index contributed by atoms with van der Waals surface area (Å²) in [6.45, 7) is 1.55. The van der Waals surface area contributed by atoms with E-state index in [9.17, 15) is 9.18 Å². The van der Waals surface area contributed by atoms with E-state index in [1.54, 1.807) is 30.3 Å². The second kappa shape index (κ2) is 7.78. The van der Waals surface area contributed by atoms with Crippen LogP contribution in [0.5, 0.6) is 11.5 Å². The van der Waals surface area contributed by atoms with Crippen molar-refractivity contribution < 1.29 is 23.2 Å². The van der Waals surface area contributed by atoms with Gasteiger partial charge in [0.2, 0.25) is 18.5 Å². The van der Waals surface area contributed by atoms with Crippen LogP contribution in [-0.2, 0) is 6.42 Å². The summed E-state index contributed by atoms with van der Waals surface area (Å²) < 4.78 is 29.1. The number of carbonyl (C=O) groups is 1. The molecule has 2 aliphatic rings. The van der Waals surface area contributed by atoms with Gasteiger partial charge in [-0.2, -0.15) is 4.98 Å². The SMILES string of the molecule is O=C(c1ccc2c(c1)OCO2)N1CCC(Cc2nc(-c3ccc(F)cc3)no2)CC1. The Morgan fingerprint density at radius 1 is 1.07 bits per heavy atom. The number of aromatic nitrogens is 2. The highest BCUT2D eigenvalue weighted by Gasteiger charge is 2.26. The molecule has 0 aliphatic carbocycles. The minimum Gasteiger partial charge on any atom is -0.454 e. The first-order valence-electron chi connectivity index (χ1n) is 9.93. The van der Waals surface area contributed by atoms with Gasteiger partial charge in [-0.25, -0.2) is 4.39 Å². The average Bonchev–Trinajstić information content (AvgIpc) is 3.43. The first-order valence-corrected chi connectivity index (χ1v) is 9.93. The Morgan fingerprint density at radius 2 is 1.83 bits per heavy atom. The standard InChI is InChI=1S/C22H20FN3O4/c23-17-4-1-15(2-5-17)21-24-20(30-25-21)11-14-7-9-26(10-8-14)22(27)16-3-6-18-19(12-16)29-13-28-18/h1-6,12,14H,7-11,13H2. The molecule has 1 saturated heterocycles. The molecule has 0 saturated carbocycles. The van der Waals surface area contributed by atoms with Gasteiger partial charge in [0, 0.05) is 30.6 Å². The number of hydrogen-bond acceptors (Lipinski definition) is 6. The smallest absolute Gasteiger partial charge is 0.253 e. The van der Waals surface area contributed by atoms with E-state index in [-0.39, 0.29) is 18.5 Å². The molecule has 0 unspecified atom stereocenters. The van der Waals surface area contributed by atoms with E-state index in [0.29, 0.717) is 54.2 Å². The second-order valence-electron chi connectivity index (χ2n) is 7.53. The first kappa shape index (κ1) is 18.6. The summed E-state index contributed by atoms with van der Waals surface area (Å²) in [4.78, 5) is 19.1. The maximum absolute atomic E-state index is 13.1. The topological polar surface area (TPSA) is 77.7 Å². The van der Waals surface area contributed by atoms with Crippen LogP contribution in [0.1, 0.15) is 29.1 Å². The molecule has 0 spiro atoms. The Balaban J connectivity index is 1.17. The zero-order chi connectivity index (χ0) is 20.5. The maximum atomic E-state index is 13.1. The average molecular weight is 409 g/mol. The highest BCUT2D eigenvalue weighted by Crippen LogP contribution is 2.33.